The number of aliphatic hydroxyl groups is 3. The molecular weight excluding hydrogens is 520 g/mol. The highest BCUT2D eigenvalue weighted by molar-refractivity contribution is 6.24. The number of hydrogen-bond donors (Lipinski definition) is 4. The Morgan fingerprint density at radius 2 is 1.71 bits per heavy atom. The van der Waals surface area contributed by atoms with Crippen molar-refractivity contribution in [3.8, 4) is 5.75 Å². The average Bonchev–Trinajstić information content (AvgIpc) is 2.87. The summed E-state index contributed by atoms with van der Waals surface area (Å²) >= 11 is 0. The number of phenols is 1. The molecular formula is C34H44O7. The van der Waals surface area contributed by atoms with Crippen LogP contribution in [0.1, 0.15) is 102 Å². The zero-order valence-corrected chi connectivity index (χ0v) is 25.2. The highest BCUT2D eigenvalue weighted by Crippen LogP contribution is 2.65. The van der Waals surface area contributed by atoms with Crippen molar-refractivity contribution in [1.29, 1.82) is 0 Å². The Kier molecular flexibility index (Phi) is 7.08. The SMILES string of the molecule is CC(=O)C1=C(O)[C@]2(O)C(=O)C3=C(O)c4c(O)c(CCC5CCCCC5)cc(C)c4C[C@]3(C)C[C@]2(C)C(C(C)C)C1=O. The van der Waals surface area contributed by atoms with Gasteiger partial charge < -0.3 is 20.4 Å². The lowest BCUT2D eigenvalue weighted by molar-refractivity contribution is -0.178. The van der Waals surface area contributed by atoms with E-state index in [1.807, 2.05) is 19.9 Å². The molecule has 2 saturated carbocycles. The number of Topliss-reactive ketones (excluding diaryl/α,β-unsaturated/α-hetero) is 3. The van der Waals surface area contributed by atoms with Gasteiger partial charge in [0, 0.05) is 22.3 Å². The standard InChI is InChI=1S/C34H44O7/c1-17(2)25-28(37)23(19(4)35)30(39)34(41)31(40)26-29(38)24-22(15-32(26,5)16-33(25,34)6)18(3)14-21(27(24)36)13-12-20-10-8-7-9-11-20/h14,17,20,25,36,38-39,41H,7-13,15-16H2,1-6H3/t25?,32-,33-,34+/m1/s1. The Hall–Kier alpha value is -2.93. The highest BCUT2D eigenvalue weighted by atomic mass is 16.3. The topological polar surface area (TPSA) is 132 Å². The van der Waals surface area contributed by atoms with Crippen molar-refractivity contribution >= 4 is 23.1 Å². The van der Waals surface area contributed by atoms with E-state index >= 15 is 0 Å². The van der Waals surface area contributed by atoms with Gasteiger partial charge in [-0.15, -0.1) is 0 Å². The van der Waals surface area contributed by atoms with Crippen molar-refractivity contribution in [3.63, 3.8) is 0 Å². The molecule has 0 saturated heterocycles. The number of rotatable bonds is 5. The van der Waals surface area contributed by atoms with Crippen LogP contribution in [0.25, 0.3) is 5.76 Å². The summed E-state index contributed by atoms with van der Waals surface area (Å²) in [6.45, 7) is 10.2. The summed E-state index contributed by atoms with van der Waals surface area (Å²) in [5.41, 5.74) is -3.07. The lowest BCUT2D eigenvalue weighted by atomic mass is 9.43. The van der Waals surface area contributed by atoms with Gasteiger partial charge in [-0.3, -0.25) is 14.4 Å². The molecule has 0 aromatic heterocycles. The van der Waals surface area contributed by atoms with Gasteiger partial charge in [-0.2, -0.15) is 0 Å². The van der Waals surface area contributed by atoms with E-state index in [1.54, 1.807) is 20.8 Å². The van der Waals surface area contributed by atoms with E-state index in [0.717, 1.165) is 30.0 Å². The Labute approximate surface area is 242 Å². The van der Waals surface area contributed by atoms with Gasteiger partial charge in [0.25, 0.3) is 0 Å². The van der Waals surface area contributed by atoms with Crippen molar-refractivity contribution in [1.82, 2.24) is 0 Å². The van der Waals surface area contributed by atoms with Crippen LogP contribution in [-0.2, 0) is 27.2 Å². The molecule has 4 aliphatic rings. The number of carbonyl (C=O) groups excluding carboxylic acids is 3. The maximum Gasteiger partial charge on any atom is 0.203 e. The summed E-state index contributed by atoms with van der Waals surface area (Å²) in [6.07, 6.45) is 8.10. The lowest BCUT2D eigenvalue weighted by Gasteiger charge is -2.59. The molecule has 1 aromatic rings. The van der Waals surface area contributed by atoms with Crippen LogP contribution in [0, 0.1) is 35.5 Å². The van der Waals surface area contributed by atoms with Crippen molar-refractivity contribution in [2.75, 3.05) is 0 Å². The van der Waals surface area contributed by atoms with Crippen LogP contribution in [0.5, 0.6) is 5.75 Å². The van der Waals surface area contributed by atoms with Gasteiger partial charge in [-0.1, -0.05) is 65.9 Å². The molecule has 0 spiro atoms. The summed E-state index contributed by atoms with van der Waals surface area (Å²) in [7, 11) is 0. The van der Waals surface area contributed by atoms with Crippen LogP contribution in [0.15, 0.2) is 23.0 Å². The normalized spacial score (nSPS) is 32.2. The van der Waals surface area contributed by atoms with E-state index in [-0.39, 0.29) is 29.2 Å². The van der Waals surface area contributed by atoms with Crippen molar-refractivity contribution < 1.29 is 34.8 Å². The van der Waals surface area contributed by atoms with Gasteiger partial charge in [0.1, 0.15) is 22.8 Å². The second-order valence-electron chi connectivity index (χ2n) is 14.1. The second-order valence-corrected chi connectivity index (χ2v) is 14.1. The van der Waals surface area contributed by atoms with E-state index in [0.29, 0.717) is 18.8 Å². The molecule has 0 radical (unpaired) electrons. The summed E-state index contributed by atoms with van der Waals surface area (Å²) < 4.78 is 0. The predicted octanol–water partition coefficient (Wildman–Crippen LogP) is 6.01. The predicted molar refractivity (Wildman–Crippen MR) is 155 cm³/mol. The lowest BCUT2D eigenvalue weighted by Crippen LogP contribution is -2.69. The molecule has 1 aromatic carbocycles. The third kappa shape index (κ3) is 4.05. The summed E-state index contributed by atoms with van der Waals surface area (Å²) in [5, 5.41) is 46.7. The fourth-order valence-electron chi connectivity index (χ4n) is 9.06. The zero-order valence-electron chi connectivity index (χ0n) is 25.2. The van der Waals surface area contributed by atoms with Gasteiger partial charge >= 0.3 is 0 Å². The minimum atomic E-state index is -2.58. The van der Waals surface area contributed by atoms with E-state index in [4.69, 9.17) is 0 Å². The number of aryl methyl sites for hydroxylation is 2. The van der Waals surface area contributed by atoms with Gasteiger partial charge in [0.2, 0.25) is 5.78 Å². The van der Waals surface area contributed by atoms with E-state index in [9.17, 15) is 34.8 Å². The first-order valence-electron chi connectivity index (χ1n) is 15.1. The average molecular weight is 565 g/mol. The molecule has 7 heteroatoms. The molecule has 4 N–H and O–H groups in total. The number of ketones is 3. The van der Waals surface area contributed by atoms with Crippen LogP contribution in [0.2, 0.25) is 0 Å². The molecule has 5 rings (SSSR count). The molecule has 0 aliphatic heterocycles. The number of benzene rings is 1. The minimum Gasteiger partial charge on any atom is -0.508 e. The summed E-state index contributed by atoms with van der Waals surface area (Å²) in [5.74, 6) is -4.25. The minimum absolute atomic E-state index is 0.0512. The Balaban J connectivity index is 1.68. The largest absolute Gasteiger partial charge is 0.508 e. The number of fused-ring (bicyclic) bond motifs is 3. The number of aliphatic hydroxyl groups excluding tert-OH is 2. The van der Waals surface area contributed by atoms with Crippen molar-refractivity contribution in [2.24, 2.45) is 28.6 Å². The molecule has 41 heavy (non-hydrogen) atoms. The Morgan fingerprint density at radius 1 is 1.07 bits per heavy atom. The van der Waals surface area contributed by atoms with Gasteiger partial charge in [0.05, 0.1) is 5.56 Å². The van der Waals surface area contributed by atoms with Crippen LogP contribution in [-0.4, -0.2) is 43.4 Å². The van der Waals surface area contributed by atoms with Crippen LogP contribution >= 0.6 is 0 Å². The molecule has 7 nitrogen and oxygen atoms in total. The molecule has 0 heterocycles. The molecule has 4 aliphatic carbocycles. The van der Waals surface area contributed by atoms with Crippen molar-refractivity contribution in [2.45, 2.75) is 105 Å². The molecule has 0 bridgehead atoms. The first-order valence-corrected chi connectivity index (χ1v) is 15.1. The van der Waals surface area contributed by atoms with E-state index in [2.05, 4.69) is 0 Å². The van der Waals surface area contributed by atoms with Gasteiger partial charge in [-0.25, -0.2) is 0 Å². The third-order valence-corrected chi connectivity index (χ3v) is 10.9. The molecule has 222 valence electrons. The second kappa shape index (κ2) is 9.82. The Morgan fingerprint density at radius 3 is 2.29 bits per heavy atom. The van der Waals surface area contributed by atoms with Crippen molar-refractivity contribution in [3.05, 3.63) is 45.2 Å². The van der Waals surface area contributed by atoms with Crippen LogP contribution in [0.4, 0.5) is 0 Å². The Bertz CT molecular complexity index is 1410. The summed E-state index contributed by atoms with van der Waals surface area (Å²) in [6, 6.07) is 1.98. The molecule has 1 unspecified atom stereocenters. The maximum absolute atomic E-state index is 14.4. The first kappa shape index (κ1) is 29.6. The first-order chi connectivity index (χ1) is 19.1. The highest BCUT2D eigenvalue weighted by Gasteiger charge is 2.72. The number of allylic oxidation sites excluding steroid dienone is 1. The van der Waals surface area contributed by atoms with E-state index in [1.165, 1.54) is 32.1 Å². The number of hydrogen-bond acceptors (Lipinski definition) is 7. The number of aromatic hydroxyl groups is 1. The van der Waals surface area contributed by atoms with Gasteiger partial charge in [0.15, 0.2) is 17.2 Å². The quantitative estimate of drug-likeness (QED) is 0.322. The van der Waals surface area contributed by atoms with Gasteiger partial charge in [-0.05, 0) is 68.1 Å². The number of carbonyl (C=O) groups is 3. The summed E-state index contributed by atoms with van der Waals surface area (Å²) in [4.78, 5) is 40.6. The number of phenolic OH excluding ortho intramolecular Hbond substituents is 1. The fraction of sp³-hybridized carbons (Fsp3) is 0.618. The fourth-order valence-corrected chi connectivity index (χ4v) is 9.06. The zero-order chi connectivity index (χ0) is 30.2. The molecule has 2 fully saturated rings. The molecule has 0 amide bonds. The van der Waals surface area contributed by atoms with E-state index < -0.39 is 56.8 Å². The maximum atomic E-state index is 14.4. The van der Waals surface area contributed by atoms with Crippen LogP contribution in [0.3, 0.4) is 0 Å². The third-order valence-electron chi connectivity index (χ3n) is 10.9. The smallest absolute Gasteiger partial charge is 0.203 e. The van der Waals surface area contributed by atoms with Crippen LogP contribution < -0.4 is 0 Å². The monoisotopic (exact) mass is 564 g/mol. The molecule has 4 atom stereocenters.